The maximum Gasteiger partial charge on any atom is 0.123 e. The van der Waals surface area contributed by atoms with Crippen LogP contribution in [-0.2, 0) is 6.54 Å². The summed E-state index contributed by atoms with van der Waals surface area (Å²) in [5, 5.41) is 3.44. The van der Waals surface area contributed by atoms with E-state index in [-0.39, 0.29) is 5.82 Å². The zero-order chi connectivity index (χ0) is 14.7. The number of rotatable bonds is 4. The van der Waals surface area contributed by atoms with Gasteiger partial charge in [-0.05, 0) is 37.1 Å². The van der Waals surface area contributed by atoms with Gasteiger partial charge >= 0.3 is 0 Å². The molecule has 3 rings (SSSR count). The average molecular weight is 287 g/mol. The Hall–Kier alpha value is -1.68. The predicted octanol–water partition coefficient (Wildman–Crippen LogP) is 3.29. The molecular weight excluding hydrogens is 265 g/mol. The fraction of sp³-hybridized carbons (Fsp3) is 0.471. The van der Waals surface area contributed by atoms with Gasteiger partial charge in [-0.2, -0.15) is 0 Å². The Morgan fingerprint density at radius 1 is 1.38 bits per heavy atom. The smallest absolute Gasteiger partial charge is 0.123 e. The first kappa shape index (κ1) is 14.3. The summed E-state index contributed by atoms with van der Waals surface area (Å²) in [6.45, 7) is 5.07. The van der Waals surface area contributed by atoms with Crippen LogP contribution in [0.15, 0.2) is 36.8 Å². The van der Waals surface area contributed by atoms with Crippen molar-refractivity contribution < 1.29 is 4.39 Å². The number of hydrogen-bond donors (Lipinski definition) is 1. The summed E-state index contributed by atoms with van der Waals surface area (Å²) in [5.41, 5.74) is 2.36. The van der Waals surface area contributed by atoms with Crippen molar-refractivity contribution in [3.63, 3.8) is 0 Å². The number of imidazole rings is 1. The van der Waals surface area contributed by atoms with Crippen LogP contribution >= 0.6 is 0 Å². The lowest BCUT2D eigenvalue weighted by Gasteiger charge is -2.33. The molecule has 1 aromatic carbocycles. The van der Waals surface area contributed by atoms with Crippen LogP contribution in [0.2, 0.25) is 0 Å². The van der Waals surface area contributed by atoms with Crippen LogP contribution in [0.4, 0.5) is 4.39 Å². The molecule has 0 amide bonds. The Balaban J connectivity index is 1.92. The molecule has 0 bridgehead atoms. The fourth-order valence-corrected chi connectivity index (χ4v) is 3.37. The molecule has 1 aromatic heterocycles. The van der Waals surface area contributed by atoms with Gasteiger partial charge in [0.05, 0.1) is 6.33 Å². The summed E-state index contributed by atoms with van der Waals surface area (Å²) in [4.78, 5) is 4.33. The molecule has 112 valence electrons. The topological polar surface area (TPSA) is 29.9 Å². The van der Waals surface area contributed by atoms with Gasteiger partial charge in [-0.25, -0.2) is 9.37 Å². The molecule has 1 fully saturated rings. The molecule has 2 atom stereocenters. The summed E-state index contributed by atoms with van der Waals surface area (Å²) < 4.78 is 15.8. The number of nitrogens with zero attached hydrogens (tertiary/aromatic N) is 2. The number of nitrogens with one attached hydrogen (secondary N) is 1. The Bertz CT molecular complexity index is 593. The van der Waals surface area contributed by atoms with E-state index in [1.807, 2.05) is 18.6 Å². The summed E-state index contributed by atoms with van der Waals surface area (Å²) in [6, 6.07) is 7.02. The first-order chi connectivity index (χ1) is 10.3. The molecule has 1 aliphatic rings. The predicted molar refractivity (Wildman–Crippen MR) is 81.9 cm³/mol. The molecule has 2 heterocycles. The summed E-state index contributed by atoms with van der Waals surface area (Å²) in [6.07, 6.45) is 6.07. The standard InChI is InChI=1S/C17H22FN3/c1-2-8-21-12-20-11-17(21)15-6-7-19-10-16(15)13-4-3-5-14(18)9-13/h3-5,9,11-12,15-16,19H,2,6-8,10H2,1H3. The van der Waals surface area contributed by atoms with Crippen molar-refractivity contribution in [1.29, 1.82) is 0 Å². The number of hydrogen-bond acceptors (Lipinski definition) is 2. The Labute approximate surface area is 125 Å². The Morgan fingerprint density at radius 2 is 2.29 bits per heavy atom. The van der Waals surface area contributed by atoms with Crippen molar-refractivity contribution in [3.8, 4) is 0 Å². The molecule has 1 N–H and O–H groups in total. The van der Waals surface area contributed by atoms with Gasteiger partial charge in [0.15, 0.2) is 0 Å². The van der Waals surface area contributed by atoms with E-state index in [0.717, 1.165) is 38.0 Å². The van der Waals surface area contributed by atoms with E-state index < -0.39 is 0 Å². The second-order valence-corrected chi connectivity index (χ2v) is 5.77. The van der Waals surface area contributed by atoms with Crippen molar-refractivity contribution in [3.05, 3.63) is 53.9 Å². The van der Waals surface area contributed by atoms with E-state index in [1.54, 1.807) is 12.1 Å². The van der Waals surface area contributed by atoms with Gasteiger partial charge in [-0.15, -0.1) is 0 Å². The average Bonchev–Trinajstić information content (AvgIpc) is 2.96. The highest BCUT2D eigenvalue weighted by Gasteiger charge is 2.30. The third kappa shape index (κ3) is 3.00. The number of aryl methyl sites for hydroxylation is 1. The molecule has 1 aliphatic heterocycles. The molecule has 1 saturated heterocycles. The maximum absolute atomic E-state index is 13.6. The lowest BCUT2D eigenvalue weighted by atomic mass is 9.79. The van der Waals surface area contributed by atoms with Gasteiger partial charge in [0.25, 0.3) is 0 Å². The van der Waals surface area contributed by atoms with Crippen LogP contribution in [0.5, 0.6) is 0 Å². The normalized spacial score (nSPS) is 22.4. The summed E-state index contributed by atoms with van der Waals surface area (Å²) >= 11 is 0. The molecular formula is C17H22FN3. The minimum atomic E-state index is -0.154. The van der Waals surface area contributed by atoms with Gasteiger partial charge < -0.3 is 9.88 Å². The molecule has 0 aliphatic carbocycles. The van der Waals surface area contributed by atoms with E-state index in [4.69, 9.17) is 0 Å². The summed E-state index contributed by atoms with van der Waals surface area (Å²) in [7, 11) is 0. The highest BCUT2D eigenvalue weighted by Crippen LogP contribution is 2.37. The number of halogens is 1. The minimum Gasteiger partial charge on any atom is -0.334 e. The van der Waals surface area contributed by atoms with E-state index in [9.17, 15) is 4.39 Å². The van der Waals surface area contributed by atoms with Crippen LogP contribution in [0.1, 0.15) is 42.9 Å². The third-order valence-electron chi connectivity index (χ3n) is 4.35. The monoisotopic (exact) mass is 287 g/mol. The lowest BCUT2D eigenvalue weighted by molar-refractivity contribution is 0.386. The van der Waals surface area contributed by atoms with E-state index in [0.29, 0.717) is 11.8 Å². The molecule has 4 heteroatoms. The van der Waals surface area contributed by atoms with Gasteiger partial charge in [-0.3, -0.25) is 0 Å². The van der Waals surface area contributed by atoms with E-state index >= 15 is 0 Å². The van der Waals surface area contributed by atoms with E-state index in [2.05, 4.69) is 21.8 Å². The van der Waals surface area contributed by atoms with Gasteiger partial charge in [0, 0.05) is 36.8 Å². The van der Waals surface area contributed by atoms with Crippen molar-refractivity contribution in [1.82, 2.24) is 14.9 Å². The first-order valence-corrected chi connectivity index (χ1v) is 7.75. The molecule has 0 saturated carbocycles. The van der Waals surface area contributed by atoms with E-state index in [1.165, 1.54) is 11.8 Å². The molecule has 2 aromatic rings. The number of benzene rings is 1. The first-order valence-electron chi connectivity index (χ1n) is 7.75. The highest BCUT2D eigenvalue weighted by molar-refractivity contribution is 5.27. The second kappa shape index (κ2) is 6.39. The zero-order valence-corrected chi connectivity index (χ0v) is 12.4. The molecule has 3 nitrogen and oxygen atoms in total. The highest BCUT2D eigenvalue weighted by atomic mass is 19.1. The number of piperidine rings is 1. The van der Waals surface area contributed by atoms with Crippen molar-refractivity contribution in [2.24, 2.45) is 0 Å². The largest absolute Gasteiger partial charge is 0.334 e. The van der Waals surface area contributed by atoms with Crippen LogP contribution in [-0.4, -0.2) is 22.6 Å². The fourth-order valence-electron chi connectivity index (χ4n) is 3.37. The van der Waals surface area contributed by atoms with Crippen LogP contribution in [0, 0.1) is 5.82 Å². The van der Waals surface area contributed by atoms with Crippen LogP contribution in [0.3, 0.4) is 0 Å². The maximum atomic E-state index is 13.6. The van der Waals surface area contributed by atoms with Crippen LogP contribution < -0.4 is 5.32 Å². The van der Waals surface area contributed by atoms with Gasteiger partial charge in [0.2, 0.25) is 0 Å². The van der Waals surface area contributed by atoms with Crippen molar-refractivity contribution >= 4 is 0 Å². The number of aromatic nitrogens is 2. The second-order valence-electron chi connectivity index (χ2n) is 5.77. The quantitative estimate of drug-likeness (QED) is 0.935. The SMILES string of the molecule is CCCn1cncc1C1CCNCC1c1cccc(F)c1. The Kier molecular flexibility index (Phi) is 4.34. The third-order valence-corrected chi connectivity index (χ3v) is 4.35. The lowest BCUT2D eigenvalue weighted by Crippen LogP contribution is -2.34. The van der Waals surface area contributed by atoms with Crippen molar-refractivity contribution in [2.75, 3.05) is 13.1 Å². The molecule has 0 spiro atoms. The summed E-state index contributed by atoms with van der Waals surface area (Å²) in [5.74, 6) is 0.558. The van der Waals surface area contributed by atoms with Crippen LogP contribution in [0.25, 0.3) is 0 Å². The molecule has 2 unspecified atom stereocenters. The zero-order valence-electron chi connectivity index (χ0n) is 12.4. The molecule has 0 radical (unpaired) electrons. The van der Waals surface area contributed by atoms with Gasteiger partial charge in [0.1, 0.15) is 5.82 Å². The molecule has 21 heavy (non-hydrogen) atoms. The van der Waals surface area contributed by atoms with Gasteiger partial charge in [-0.1, -0.05) is 19.1 Å². The minimum absolute atomic E-state index is 0.154. The van der Waals surface area contributed by atoms with Crippen molar-refractivity contribution in [2.45, 2.75) is 38.1 Å². The Morgan fingerprint density at radius 3 is 3.10 bits per heavy atom.